The zero-order valence-electron chi connectivity index (χ0n) is 31.6. The Kier molecular flexibility index (Phi) is 6.63. The van der Waals surface area contributed by atoms with Gasteiger partial charge in [-0.25, -0.2) is 69.8 Å². The second-order valence-corrected chi connectivity index (χ2v) is 19.6. The predicted molar refractivity (Wildman–Crippen MR) is 213 cm³/mol. The van der Waals surface area contributed by atoms with E-state index in [0.717, 1.165) is 12.8 Å². The van der Waals surface area contributed by atoms with Crippen molar-refractivity contribution < 1.29 is 8.85 Å². The van der Waals surface area contributed by atoms with Gasteiger partial charge >= 0.3 is 8.88 Å². The summed E-state index contributed by atoms with van der Waals surface area (Å²) in [6.45, 7) is 0.905. The maximum Gasteiger partial charge on any atom is 0.603 e. The van der Waals surface area contributed by atoms with E-state index >= 15 is 0 Å². The van der Waals surface area contributed by atoms with Crippen molar-refractivity contribution in [1.29, 1.82) is 0 Å². The van der Waals surface area contributed by atoms with Crippen LogP contribution in [0.3, 0.4) is 0 Å². The molecule has 290 valence electrons. The highest BCUT2D eigenvalue weighted by Crippen LogP contribution is 2.51. The van der Waals surface area contributed by atoms with Crippen molar-refractivity contribution in [2.75, 3.05) is 13.2 Å². The quantitative estimate of drug-likeness (QED) is 0.225. The zero-order chi connectivity index (χ0) is 38.4. The average Bonchev–Trinajstić information content (AvgIpc) is 4.17. The lowest BCUT2D eigenvalue weighted by Crippen LogP contribution is -2.64. The third-order valence-electron chi connectivity index (χ3n) is 13.9. The van der Waals surface area contributed by atoms with Crippen molar-refractivity contribution in [1.82, 2.24) is 48.3 Å². The number of fused-ring (bicyclic) bond motifs is 18. The predicted octanol–water partition coefficient (Wildman–Crippen LogP) is 3.44. The van der Waals surface area contributed by atoms with E-state index < -0.39 is 8.88 Å². The van der Waals surface area contributed by atoms with Crippen LogP contribution in [0.4, 0.5) is 11.6 Å². The topological polar surface area (TPSA) is 206 Å². The molecule has 6 unspecified atom stereocenters. The summed E-state index contributed by atoms with van der Waals surface area (Å²) in [6.07, 6.45) is 22.8. The molecule has 6 atom stereocenters. The number of hydrogen-bond acceptors (Lipinski definition) is 16. The van der Waals surface area contributed by atoms with Crippen LogP contribution in [0.1, 0.15) is 74.1 Å². The standard InChI is InChI=1S/C40H34N16O2Si/c1-3-21-13-19(1)15-23(21)17-57-59(58-18-24-16-20-2-4-22(24)14-20)55-37-29-30(46-10-9-45-29)39(55)53-35-27-28(44-8-7-43-27)36(50-35)54-40-32-31(47-11-12-48-32)38(56(40)59)52-34-26-25(33(49-34)51-37)41-5-6-42-26/h5-12,19-24H,1-4,13-18H2/b51-33-,51-37?,52-34?,52-38-,53-35-,53-39?,54-36?,54-40-. The average molecular weight is 799 g/mol. The third kappa shape index (κ3) is 4.57. The lowest BCUT2D eigenvalue weighted by molar-refractivity contribution is 0.0862. The Morgan fingerprint density at radius 1 is 0.441 bits per heavy atom. The highest BCUT2D eigenvalue weighted by Gasteiger charge is 2.56. The molecule has 10 bridgehead atoms. The minimum Gasteiger partial charge on any atom is -0.361 e. The van der Waals surface area contributed by atoms with Crippen LogP contribution >= 0.6 is 0 Å². The van der Waals surface area contributed by atoms with Gasteiger partial charge in [0.25, 0.3) is 0 Å². The first-order valence-corrected chi connectivity index (χ1v) is 22.3. The van der Waals surface area contributed by atoms with Crippen molar-refractivity contribution in [3.63, 3.8) is 0 Å². The van der Waals surface area contributed by atoms with Crippen LogP contribution in [0.2, 0.25) is 0 Å². The second-order valence-electron chi connectivity index (χ2n) is 17.0. The number of aliphatic imine (C=N–C) groups is 4. The van der Waals surface area contributed by atoms with Crippen LogP contribution in [-0.4, -0.2) is 93.8 Å². The van der Waals surface area contributed by atoms with Gasteiger partial charge in [-0.1, -0.05) is 12.8 Å². The molecule has 6 aromatic heterocycles. The van der Waals surface area contributed by atoms with E-state index in [1.54, 1.807) is 49.6 Å². The summed E-state index contributed by atoms with van der Waals surface area (Å²) in [5.41, 5.74) is 4.73. The first kappa shape index (κ1) is 32.7. The molecular formula is C40H34N16O2Si. The molecule has 0 amide bonds. The molecule has 0 spiro atoms. The number of rotatable bonds is 6. The fourth-order valence-electron chi connectivity index (χ4n) is 11.4. The fourth-order valence-corrected chi connectivity index (χ4v) is 14.7. The van der Waals surface area contributed by atoms with Gasteiger partial charge in [-0.15, -0.1) is 0 Å². The van der Waals surface area contributed by atoms with Gasteiger partial charge in [0.15, 0.2) is 46.0 Å². The Labute approximate surface area is 335 Å². The van der Waals surface area contributed by atoms with Gasteiger partial charge in [0.2, 0.25) is 0 Å². The Hall–Kier alpha value is -6.18. The molecule has 4 aliphatic carbocycles. The van der Waals surface area contributed by atoms with E-state index in [-0.39, 0.29) is 0 Å². The molecule has 0 N–H and O–H groups in total. The van der Waals surface area contributed by atoms with Crippen molar-refractivity contribution >= 4 is 65.9 Å². The molecule has 18 nitrogen and oxygen atoms in total. The molecule has 0 radical (unpaired) electrons. The van der Waals surface area contributed by atoms with Crippen molar-refractivity contribution in [3.05, 3.63) is 83.3 Å². The van der Waals surface area contributed by atoms with Gasteiger partial charge in [0.1, 0.15) is 44.8 Å². The Morgan fingerprint density at radius 3 is 1.25 bits per heavy atom. The number of amidine groups is 4. The molecule has 4 fully saturated rings. The summed E-state index contributed by atoms with van der Waals surface area (Å²) in [6, 6.07) is 0. The van der Waals surface area contributed by atoms with Gasteiger partial charge in [-0.3, -0.25) is 8.47 Å². The fraction of sp³-hybridized carbons (Fsp3) is 0.400. The normalized spacial score (nSPS) is 31.7. The molecule has 10 heterocycles. The largest absolute Gasteiger partial charge is 0.603 e. The maximum atomic E-state index is 7.81. The zero-order valence-corrected chi connectivity index (χ0v) is 32.6. The summed E-state index contributed by atoms with van der Waals surface area (Å²) in [7, 11) is -4.32. The molecule has 4 saturated carbocycles. The lowest BCUT2D eigenvalue weighted by Gasteiger charge is -2.36. The first-order chi connectivity index (χ1) is 29.2. The SMILES string of the molecule is c1cnc2c(n1)C1=NC/2=N\c2c3nccnc3c3n2[Si](OCC2CC4CCC2C4)(OCC2CC4CCC2C4)n2/c(c4nccnc4/c2=N/C2=NC(=N\3)/c3nccnc32)=N\1. The van der Waals surface area contributed by atoms with Crippen molar-refractivity contribution in [3.8, 4) is 0 Å². The van der Waals surface area contributed by atoms with Crippen LogP contribution in [0, 0.1) is 35.5 Å². The third-order valence-corrected chi connectivity index (χ3v) is 17.0. The number of hydrogen-bond donors (Lipinski definition) is 0. The summed E-state index contributed by atoms with van der Waals surface area (Å²) >= 11 is 0. The molecule has 14 rings (SSSR count). The summed E-state index contributed by atoms with van der Waals surface area (Å²) in [5.74, 6) is 5.39. The van der Waals surface area contributed by atoms with Crippen molar-refractivity contribution in [2.24, 2.45) is 65.5 Å². The van der Waals surface area contributed by atoms with E-state index in [1.165, 1.54) is 38.5 Å². The van der Waals surface area contributed by atoms with E-state index in [0.29, 0.717) is 140 Å². The molecular weight excluding hydrogens is 765 g/mol. The van der Waals surface area contributed by atoms with E-state index in [1.807, 2.05) is 8.47 Å². The molecule has 59 heavy (non-hydrogen) atoms. The van der Waals surface area contributed by atoms with Gasteiger partial charge in [-0.05, 0) is 74.0 Å². The summed E-state index contributed by atoms with van der Waals surface area (Å²) < 4.78 is 19.6. The number of aromatic nitrogens is 10. The van der Waals surface area contributed by atoms with Gasteiger partial charge < -0.3 is 8.85 Å². The van der Waals surface area contributed by atoms with Crippen LogP contribution in [0.15, 0.2) is 79.5 Å². The van der Waals surface area contributed by atoms with Gasteiger partial charge in [0.05, 0.1) is 0 Å². The van der Waals surface area contributed by atoms with Crippen LogP contribution in [0.5, 0.6) is 0 Å². The molecule has 0 saturated heterocycles. The number of nitrogens with zero attached hydrogens (tertiary/aromatic N) is 16. The van der Waals surface area contributed by atoms with E-state index in [2.05, 4.69) is 0 Å². The van der Waals surface area contributed by atoms with E-state index in [4.69, 9.17) is 78.7 Å². The minimum atomic E-state index is -4.32. The van der Waals surface area contributed by atoms with Crippen LogP contribution < -0.4 is 11.0 Å². The molecule has 19 heteroatoms. The van der Waals surface area contributed by atoms with Crippen molar-refractivity contribution in [2.45, 2.75) is 51.4 Å². The molecule has 6 aromatic rings. The van der Waals surface area contributed by atoms with Gasteiger partial charge in [0, 0.05) is 62.8 Å². The van der Waals surface area contributed by atoms with Gasteiger partial charge in [-0.2, -0.15) is 0 Å². The summed E-state index contributed by atoms with van der Waals surface area (Å²) in [4.78, 5) is 70.2. The molecule has 8 aliphatic rings. The highest BCUT2D eigenvalue weighted by molar-refractivity contribution is 6.66. The minimum absolute atomic E-state index is 0.325. The summed E-state index contributed by atoms with van der Waals surface area (Å²) in [5, 5.41) is 0. The highest BCUT2D eigenvalue weighted by atomic mass is 28.4. The van der Waals surface area contributed by atoms with Crippen LogP contribution in [0.25, 0.3) is 22.1 Å². The molecule has 4 aliphatic heterocycles. The monoisotopic (exact) mass is 798 g/mol. The second kappa shape index (κ2) is 12.0. The Bertz CT molecular complexity index is 2920. The first-order valence-electron chi connectivity index (χ1n) is 20.6. The smallest absolute Gasteiger partial charge is 0.361 e. The maximum absolute atomic E-state index is 7.81. The Balaban J connectivity index is 1.17. The lowest BCUT2D eigenvalue weighted by atomic mass is 9.90. The van der Waals surface area contributed by atoms with Crippen LogP contribution in [-0.2, 0) is 8.85 Å². The molecule has 0 aromatic carbocycles. The Morgan fingerprint density at radius 2 is 0.847 bits per heavy atom. The van der Waals surface area contributed by atoms with E-state index in [9.17, 15) is 0 Å².